The van der Waals surface area contributed by atoms with Crippen LogP contribution in [0.25, 0.3) is 10.9 Å². The summed E-state index contributed by atoms with van der Waals surface area (Å²) in [5, 5.41) is 3.23. The number of hydrogen-bond acceptors (Lipinski definition) is 3. The number of carbonyl (C=O) groups excluding carboxylic acids is 1. The minimum atomic E-state index is -0.512. The smallest absolute Gasteiger partial charge is 0.326 e. The number of anilines is 1. The Morgan fingerprint density at radius 2 is 1.92 bits per heavy atom. The first-order valence-electron chi connectivity index (χ1n) is 7.63. The summed E-state index contributed by atoms with van der Waals surface area (Å²) < 4.78 is 1.41. The molecule has 0 aliphatic heterocycles. The summed E-state index contributed by atoms with van der Waals surface area (Å²) in [6.45, 7) is 2.13. The highest BCUT2D eigenvalue weighted by Gasteiger charge is 2.09. The molecule has 0 radical (unpaired) electrons. The molecular formula is C18H17N3O3. The topological polar surface area (TPSA) is 84.0 Å². The van der Waals surface area contributed by atoms with E-state index in [4.69, 9.17) is 0 Å². The van der Waals surface area contributed by atoms with Crippen molar-refractivity contribution in [3.8, 4) is 0 Å². The van der Waals surface area contributed by atoms with Crippen molar-refractivity contribution in [2.45, 2.75) is 19.9 Å². The average Bonchev–Trinajstić information content (AvgIpc) is 2.54. The van der Waals surface area contributed by atoms with E-state index < -0.39 is 11.2 Å². The van der Waals surface area contributed by atoms with Gasteiger partial charge in [-0.1, -0.05) is 24.3 Å². The molecule has 3 aromatic rings. The third kappa shape index (κ3) is 3.27. The summed E-state index contributed by atoms with van der Waals surface area (Å²) in [4.78, 5) is 38.3. The molecule has 6 nitrogen and oxygen atoms in total. The van der Waals surface area contributed by atoms with E-state index in [0.29, 0.717) is 10.9 Å². The summed E-state index contributed by atoms with van der Waals surface area (Å²) in [5.74, 6) is -0.192. The third-order valence-corrected chi connectivity index (χ3v) is 3.77. The first kappa shape index (κ1) is 15.7. The number of nitrogens with zero attached hydrogens (tertiary/aromatic N) is 1. The Balaban J connectivity index is 1.80. The van der Waals surface area contributed by atoms with Gasteiger partial charge in [0.25, 0.3) is 5.56 Å². The van der Waals surface area contributed by atoms with Crippen molar-refractivity contribution in [2.75, 3.05) is 5.32 Å². The molecule has 0 atom stereocenters. The number of benzene rings is 2. The van der Waals surface area contributed by atoms with Crippen LogP contribution in [0.2, 0.25) is 0 Å². The van der Waals surface area contributed by atoms with Gasteiger partial charge in [-0.05, 0) is 36.8 Å². The number of aryl methyl sites for hydroxylation is 2. The molecule has 0 saturated heterocycles. The lowest BCUT2D eigenvalue weighted by atomic mass is 10.2. The van der Waals surface area contributed by atoms with Gasteiger partial charge in [0.1, 0.15) is 0 Å². The van der Waals surface area contributed by atoms with Crippen molar-refractivity contribution in [1.29, 1.82) is 0 Å². The lowest BCUT2D eigenvalue weighted by molar-refractivity contribution is -0.116. The predicted octanol–water partition coefficient (Wildman–Crippen LogP) is 2.03. The fraction of sp³-hybridized carbons (Fsp3) is 0.167. The molecule has 1 amide bonds. The maximum absolute atomic E-state index is 12.1. The van der Waals surface area contributed by atoms with E-state index in [1.165, 1.54) is 4.57 Å². The van der Waals surface area contributed by atoms with Crippen LogP contribution in [-0.4, -0.2) is 15.5 Å². The molecule has 0 bridgehead atoms. The van der Waals surface area contributed by atoms with Crippen molar-refractivity contribution in [3.63, 3.8) is 0 Å². The van der Waals surface area contributed by atoms with Crippen LogP contribution in [0.5, 0.6) is 0 Å². The molecule has 0 spiro atoms. The zero-order valence-corrected chi connectivity index (χ0v) is 13.2. The lowest BCUT2D eigenvalue weighted by Gasteiger charge is -2.10. The molecule has 0 unspecified atom stereocenters. The minimum Gasteiger partial charge on any atom is -0.326 e. The normalized spacial score (nSPS) is 10.7. The second-order valence-corrected chi connectivity index (χ2v) is 5.60. The van der Waals surface area contributed by atoms with Crippen LogP contribution in [0.3, 0.4) is 0 Å². The number of nitrogens with one attached hydrogen (secondary N) is 2. The SMILES string of the molecule is Cc1cccc(NC(=O)CCn2c(=O)[nH]c(=O)c3ccccc32)c1. The van der Waals surface area contributed by atoms with Crippen molar-refractivity contribution in [2.24, 2.45) is 0 Å². The standard InChI is InChI=1S/C18H17N3O3/c1-12-5-4-6-13(11-12)19-16(22)9-10-21-15-8-3-2-7-14(15)17(23)20-18(21)24/h2-8,11H,9-10H2,1H3,(H,19,22)(H,20,23,24). The molecule has 0 saturated carbocycles. The van der Waals surface area contributed by atoms with Crippen molar-refractivity contribution in [3.05, 3.63) is 74.9 Å². The maximum Gasteiger partial charge on any atom is 0.328 e. The Hall–Kier alpha value is -3.15. The Kier molecular flexibility index (Phi) is 4.29. The Morgan fingerprint density at radius 3 is 2.71 bits per heavy atom. The molecule has 2 aromatic carbocycles. The fourth-order valence-electron chi connectivity index (χ4n) is 2.62. The van der Waals surface area contributed by atoms with Gasteiger partial charge in [0.15, 0.2) is 0 Å². The van der Waals surface area contributed by atoms with Gasteiger partial charge in [-0.3, -0.25) is 19.1 Å². The summed E-state index contributed by atoms with van der Waals surface area (Å²) in [6, 6.07) is 14.3. The van der Waals surface area contributed by atoms with Gasteiger partial charge in [0, 0.05) is 18.7 Å². The number of amides is 1. The lowest BCUT2D eigenvalue weighted by Crippen LogP contribution is -2.31. The second-order valence-electron chi connectivity index (χ2n) is 5.60. The van der Waals surface area contributed by atoms with E-state index in [9.17, 15) is 14.4 Å². The van der Waals surface area contributed by atoms with Gasteiger partial charge in [0.2, 0.25) is 5.91 Å². The molecule has 0 fully saturated rings. The zero-order chi connectivity index (χ0) is 17.1. The van der Waals surface area contributed by atoms with Crippen LogP contribution in [0.1, 0.15) is 12.0 Å². The number of hydrogen-bond donors (Lipinski definition) is 2. The van der Waals surface area contributed by atoms with Crippen molar-refractivity contribution < 1.29 is 4.79 Å². The van der Waals surface area contributed by atoms with Gasteiger partial charge in [-0.15, -0.1) is 0 Å². The van der Waals surface area contributed by atoms with Crippen molar-refractivity contribution in [1.82, 2.24) is 9.55 Å². The van der Waals surface area contributed by atoms with Crippen molar-refractivity contribution >= 4 is 22.5 Å². The Morgan fingerprint density at radius 1 is 1.12 bits per heavy atom. The summed E-state index contributed by atoms with van der Waals surface area (Å²) in [5.41, 5.74) is 1.36. The maximum atomic E-state index is 12.1. The zero-order valence-electron chi connectivity index (χ0n) is 13.2. The highest BCUT2D eigenvalue weighted by Crippen LogP contribution is 2.11. The highest BCUT2D eigenvalue weighted by atomic mass is 16.2. The molecule has 0 aliphatic carbocycles. The van der Waals surface area contributed by atoms with E-state index in [-0.39, 0.29) is 18.9 Å². The van der Waals surface area contributed by atoms with E-state index in [1.54, 1.807) is 24.3 Å². The minimum absolute atomic E-state index is 0.129. The largest absolute Gasteiger partial charge is 0.328 e. The Bertz CT molecular complexity index is 1020. The average molecular weight is 323 g/mol. The van der Waals surface area contributed by atoms with E-state index in [0.717, 1.165) is 11.3 Å². The van der Waals surface area contributed by atoms with Gasteiger partial charge < -0.3 is 5.32 Å². The molecule has 1 aromatic heterocycles. The molecule has 6 heteroatoms. The summed E-state index contributed by atoms with van der Waals surface area (Å²) >= 11 is 0. The Labute approximate surface area is 137 Å². The van der Waals surface area contributed by atoms with Gasteiger partial charge in [-0.25, -0.2) is 4.79 Å². The monoisotopic (exact) mass is 323 g/mol. The molecular weight excluding hydrogens is 306 g/mol. The van der Waals surface area contributed by atoms with E-state index in [2.05, 4.69) is 10.3 Å². The third-order valence-electron chi connectivity index (χ3n) is 3.77. The fourth-order valence-corrected chi connectivity index (χ4v) is 2.62. The summed E-state index contributed by atoms with van der Waals surface area (Å²) in [6.07, 6.45) is 0.129. The van der Waals surface area contributed by atoms with Crippen LogP contribution < -0.4 is 16.6 Å². The first-order valence-corrected chi connectivity index (χ1v) is 7.63. The van der Waals surface area contributed by atoms with Crippen LogP contribution in [-0.2, 0) is 11.3 Å². The highest BCUT2D eigenvalue weighted by molar-refractivity contribution is 5.90. The first-order chi connectivity index (χ1) is 11.5. The quantitative estimate of drug-likeness (QED) is 0.770. The number of aromatic nitrogens is 2. The number of para-hydroxylation sites is 1. The van der Waals surface area contributed by atoms with Crippen LogP contribution in [0.15, 0.2) is 58.1 Å². The number of H-pyrrole nitrogens is 1. The summed E-state index contributed by atoms with van der Waals surface area (Å²) in [7, 11) is 0. The molecule has 0 aliphatic rings. The number of carbonyl (C=O) groups is 1. The molecule has 1 heterocycles. The molecule has 122 valence electrons. The number of aromatic amines is 1. The molecule has 24 heavy (non-hydrogen) atoms. The molecule has 3 rings (SSSR count). The van der Waals surface area contributed by atoms with E-state index >= 15 is 0 Å². The van der Waals surface area contributed by atoms with Gasteiger partial charge >= 0.3 is 5.69 Å². The van der Waals surface area contributed by atoms with Gasteiger partial charge in [-0.2, -0.15) is 0 Å². The van der Waals surface area contributed by atoms with Gasteiger partial charge in [0.05, 0.1) is 10.9 Å². The van der Waals surface area contributed by atoms with Crippen LogP contribution in [0.4, 0.5) is 5.69 Å². The second kappa shape index (κ2) is 6.54. The van der Waals surface area contributed by atoms with Crippen LogP contribution in [0, 0.1) is 6.92 Å². The number of rotatable bonds is 4. The predicted molar refractivity (Wildman–Crippen MR) is 93.3 cm³/mol. The van der Waals surface area contributed by atoms with Crippen LogP contribution >= 0.6 is 0 Å². The number of fused-ring (bicyclic) bond motifs is 1. The van der Waals surface area contributed by atoms with E-state index in [1.807, 2.05) is 31.2 Å². The molecule has 2 N–H and O–H groups in total.